The van der Waals surface area contributed by atoms with Crippen LogP contribution < -0.4 is 25.8 Å². The quantitative estimate of drug-likeness (QED) is 0.296. The number of methoxy groups -OCH3 is 1. The molecule has 2 amide bonds. The molecule has 14 heteroatoms. The fraction of sp³-hybridized carbons (Fsp3) is 0.303. The van der Waals surface area contributed by atoms with E-state index in [0.717, 1.165) is 36.2 Å². The number of amides is 2. The van der Waals surface area contributed by atoms with Gasteiger partial charge in [0.25, 0.3) is 0 Å². The van der Waals surface area contributed by atoms with Gasteiger partial charge in [-0.15, -0.1) is 11.8 Å². The third kappa shape index (κ3) is 7.96. The number of morpholine rings is 1. The van der Waals surface area contributed by atoms with Crippen LogP contribution in [0.2, 0.25) is 0 Å². The molecule has 2 aromatic carbocycles. The van der Waals surface area contributed by atoms with Gasteiger partial charge in [0.15, 0.2) is 11.6 Å². The van der Waals surface area contributed by atoms with Crippen LogP contribution in [0.1, 0.15) is 12.0 Å². The molecule has 12 nitrogen and oxygen atoms in total. The summed E-state index contributed by atoms with van der Waals surface area (Å²) in [5, 5.41) is 4.93. The molecule has 4 heterocycles. The van der Waals surface area contributed by atoms with E-state index in [1.807, 2.05) is 12.3 Å². The van der Waals surface area contributed by atoms with Crippen molar-refractivity contribution in [2.75, 3.05) is 50.6 Å². The molecule has 1 saturated heterocycles. The highest BCUT2D eigenvalue weighted by molar-refractivity contribution is 8.09. The second kappa shape index (κ2) is 14.8. The molecule has 244 valence electrons. The number of anilines is 2. The van der Waals surface area contributed by atoms with E-state index in [2.05, 4.69) is 25.5 Å². The first kappa shape index (κ1) is 32.2. The van der Waals surface area contributed by atoms with Gasteiger partial charge < -0.3 is 24.8 Å². The first-order valence-electron chi connectivity index (χ1n) is 15.0. The van der Waals surface area contributed by atoms with Crippen molar-refractivity contribution in [1.29, 1.82) is 0 Å². The van der Waals surface area contributed by atoms with E-state index < -0.39 is 24.1 Å². The number of ether oxygens (including phenoxy) is 3. The minimum absolute atomic E-state index is 0.0235. The lowest BCUT2D eigenvalue weighted by Gasteiger charge is -2.26. The van der Waals surface area contributed by atoms with E-state index >= 15 is 4.39 Å². The van der Waals surface area contributed by atoms with E-state index in [9.17, 15) is 14.4 Å². The molecule has 2 N–H and O–H groups in total. The molecule has 0 radical (unpaired) electrons. The Morgan fingerprint density at radius 2 is 1.89 bits per heavy atom. The lowest BCUT2D eigenvalue weighted by atomic mass is 10.1. The predicted molar refractivity (Wildman–Crippen MR) is 177 cm³/mol. The van der Waals surface area contributed by atoms with Crippen molar-refractivity contribution in [2.24, 2.45) is 4.99 Å². The standard InChI is InChI=1S/C33H33FN6O6S/c1-44-27-5-3-2-4-24(27)38-31(42)18-30(41)37-22-6-7-26(23(34)16-22)46-28-8-9-35-25-17-29(47-32(25)28)21-19-36-33(43)40(20-21)11-10-39-12-14-45-15-13-39/h2-9,16-17,19-20,25,32H,10-15,18H2,1H3,(H,37,41)(H,38,42). The number of aromatic nitrogens is 2. The summed E-state index contributed by atoms with van der Waals surface area (Å²) in [7, 11) is 1.48. The maximum absolute atomic E-state index is 15.2. The van der Waals surface area contributed by atoms with Gasteiger partial charge in [0, 0.05) is 67.0 Å². The van der Waals surface area contributed by atoms with Crippen LogP contribution in [0.4, 0.5) is 15.8 Å². The van der Waals surface area contributed by atoms with Crippen LogP contribution in [-0.2, 0) is 20.9 Å². The predicted octanol–water partition coefficient (Wildman–Crippen LogP) is 3.56. The number of fused-ring (bicyclic) bond motifs is 1. The largest absolute Gasteiger partial charge is 0.495 e. The number of carbonyl (C=O) groups excluding carboxylic acids is 2. The summed E-state index contributed by atoms with van der Waals surface area (Å²) in [5.74, 6) is -0.886. The Kier molecular flexibility index (Phi) is 10.1. The second-order valence-electron chi connectivity index (χ2n) is 10.9. The number of aliphatic imine (C=N–C) groups is 1. The maximum Gasteiger partial charge on any atom is 0.347 e. The Morgan fingerprint density at radius 3 is 2.70 bits per heavy atom. The average molecular weight is 661 g/mol. The van der Waals surface area contributed by atoms with E-state index in [1.165, 1.54) is 31.0 Å². The van der Waals surface area contributed by atoms with Gasteiger partial charge >= 0.3 is 5.69 Å². The number of rotatable bonds is 11. The maximum atomic E-state index is 15.2. The van der Waals surface area contributed by atoms with Gasteiger partial charge in [0.1, 0.15) is 17.9 Å². The van der Waals surface area contributed by atoms with Crippen molar-refractivity contribution in [1.82, 2.24) is 14.5 Å². The first-order chi connectivity index (χ1) is 22.9. The van der Waals surface area contributed by atoms with E-state index in [4.69, 9.17) is 14.2 Å². The van der Waals surface area contributed by atoms with Crippen molar-refractivity contribution >= 4 is 46.1 Å². The number of benzene rings is 2. The molecule has 6 rings (SSSR count). The van der Waals surface area contributed by atoms with Gasteiger partial charge in [-0.2, -0.15) is 0 Å². The average Bonchev–Trinajstić information content (AvgIpc) is 3.52. The molecule has 3 aromatic rings. The molecule has 1 fully saturated rings. The highest BCUT2D eigenvalue weighted by Crippen LogP contribution is 2.45. The number of allylic oxidation sites excluding steroid dienone is 1. The zero-order valence-corrected chi connectivity index (χ0v) is 26.4. The zero-order chi connectivity index (χ0) is 32.8. The van der Waals surface area contributed by atoms with Gasteiger partial charge in [-0.25, -0.2) is 14.2 Å². The Bertz CT molecular complexity index is 1800. The van der Waals surface area contributed by atoms with E-state index in [0.29, 0.717) is 37.0 Å². The highest BCUT2D eigenvalue weighted by atomic mass is 32.2. The van der Waals surface area contributed by atoms with E-state index in [-0.39, 0.29) is 28.4 Å². The van der Waals surface area contributed by atoms with Crippen molar-refractivity contribution < 1.29 is 28.2 Å². The van der Waals surface area contributed by atoms with Crippen LogP contribution >= 0.6 is 11.8 Å². The SMILES string of the molecule is COc1ccccc1NC(=O)CC(=O)Nc1ccc(OC2=CC=NC3C=C(c4cnc(=O)n(CCN5CCOCC5)c4)SC23)c(F)c1. The van der Waals surface area contributed by atoms with E-state index in [1.54, 1.807) is 47.3 Å². The monoisotopic (exact) mass is 660 g/mol. The van der Waals surface area contributed by atoms with Gasteiger partial charge in [0.2, 0.25) is 11.8 Å². The number of hydrogen-bond donors (Lipinski definition) is 2. The second-order valence-corrected chi connectivity index (χ2v) is 12.1. The lowest BCUT2D eigenvalue weighted by Crippen LogP contribution is -2.39. The van der Waals surface area contributed by atoms with Gasteiger partial charge in [0.05, 0.1) is 37.3 Å². The third-order valence-electron chi connectivity index (χ3n) is 7.71. The van der Waals surface area contributed by atoms with Crippen LogP contribution in [0.15, 0.2) is 82.6 Å². The molecule has 0 bridgehead atoms. The number of dihydropyridines is 1. The summed E-state index contributed by atoms with van der Waals surface area (Å²) in [6.45, 7) is 4.29. The van der Waals surface area contributed by atoms with Gasteiger partial charge in [-0.05, 0) is 36.4 Å². The summed E-state index contributed by atoms with van der Waals surface area (Å²) in [6.07, 6.45) is 8.22. The number of carbonyl (C=O) groups is 2. The molecule has 0 aliphatic carbocycles. The van der Waals surface area contributed by atoms with Gasteiger partial charge in [-0.3, -0.25) is 24.0 Å². The van der Waals surface area contributed by atoms with Crippen LogP contribution in [-0.4, -0.2) is 83.7 Å². The Labute approximate surface area is 274 Å². The summed E-state index contributed by atoms with van der Waals surface area (Å²) < 4.78 is 33.4. The molecule has 0 saturated carbocycles. The first-order valence-corrected chi connectivity index (χ1v) is 15.9. The molecule has 2 unspecified atom stereocenters. The number of nitrogens with one attached hydrogen (secondary N) is 2. The lowest BCUT2D eigenvalue weighted by molar-refractivity contribution is -0.123. The Morgan fingerprint density at radius 1 is 1.09 bits per heavy atom. The van der Waals surface area contributed by atoms with Crippen LogP contribution in [0.5, 0.6) is 11.5 Å². The molecule has 3 aliphatic rings. The highest BCUT2D eigenvalue weighted by Gasteiger charge is 2.35. The number of thioether (sulfide) groups is 1. The molecule has 3 aliphatic heterocycles. The Hall–Kier alpha value is -4.79. The minimum atomic E-state index is -0.686. The summed E-state index contributed by atoms with van der Waals surface area (Å²) >= 11 is 1.51. The molecule has 0 spiro atoms. The number of hydrogen-bond acceptors (Lipinski definition) is 10. The molecular formula is C33H33FN6O6S. The van der Waals surface area contributed by atoms with Crippen molar-refractivity contribution in [3.63, 3.8) is 0 Å². The van der Waals surface area contributed by atoms with Crippen molar-refractivity contribution in [3.05, 3.63) is 94.6 Å². The minimum Gasteiger partial charge on any atom is -0.495 e. The normalized spacial score (nSPS) is 18.9. The van der Waals surface area contributed by atoms with Crippen LogP contribution in [0.25, 0.3) is 4.91 Å². The zero-order valence-electron chi connectivity index (χ0n) is 25.6. The molecular weight excluding hydrogens is 627 g/mol. The number of para-hydroxylation sites is 2. The summed E-state index contributed by atoms with van der Waals surface area (Å²) in [5.41, 5.74) is 1.10. The topological polar surface area (TPSA) is 136 Å². The molecule has 47 heavy (non-hydrogen) atoms. The third-order valence-corrected chi connectivity index (χ3v) is 9.10. The fourth-order valence-corrected chi connectivity index (χ4v) is 6.57. The summed E-state index contributed by atoms with van der Waals surface area (Å²) in [6, 6.07) is 10.7. The van der Waals surface area contributed by atoms with Crippen molar-refractivity contribution in [2.45, 2.75) is 24.3 Å². The summed E-state index contributed by atoms with van der Waals surface area (Å²) in [4.78, 5) is 49.1. The van der Waals surface area contributed by atoms with Crippen molar-refractivity contribution in [3.8, 4) is 11.5 Å². The number of halogens is 1. The Balaban J connectivity index is 1.05. The molecule has 1 aromatic heterocycles. The smallest absolute Gasteiger partial charge is 0.347 e. The number of nitrogens with zero attached hydrogens (tertiary/aromatic N) is 4. The van der Waals surface area contributed by atoms with Crippen LogP contribution in [0, 0.1) is 5.82 Å². The fourth-order valence-electron chi connectivity index (χ4n) is 5.30. The molecule has 2 atom stereocenters. The van der Waals surface area contributed by atoms with Crippen LogP contribution in [0.3, 0.4) is 0 Å². The van der Waals surface area contributed by atoms with Gasteiger partial charge in [-0.1, -0.05) is 12.1 Å².